The first-order chi connectivity index (χ1) is 15.2. The van der Waals surface area contributed by atoms with Crippen molar-refractivity contribution >= 4 is 40.0 Å². The van der Waals surface area contributed by atoms with Crippen LogP contribution in [0.2, 0.25) is 0 Å². The van der Waals surface area contributed by atoms with E-state index in [1.165, 1.54) is 12.1 Å². The summed E-state index contributed by atoms with van der Waals surface area (Å²) in [6, 6.07) is 5.66. The molecule has 0 aliphatic carbocycles. The fourth-order valence-corrected chi connectivity index (χ4v) is 2.99. The van der Waals surface area contributed by atoms with Gasteiger partial charge in [0, 0.05) is 18.7 Å². The number of aryl methyl sites for hydroxylation is 1. The van der Waals surface area contributed by atoms with Crippen molar-refractivity contribution in [3.05, 3.63) is 47.3 Å². The number of imidazole rings is 1. The molecular weight excluding hydrogens is 438 g/mol. The Morgan fingerprint density at radius 2 is 2.00 bits per heavy atom. The first-order valence-corrected chi connectivity index (χ1v) is 9.11. The molecule has 168 valence electrons. The highest BCUT2D eigenvalue weighted by molar-refractivity contribution is 5.97. The Morgan fingerprint density at radius 1 is 1.22 bits per heavy atom. The number of halogens is 4. The number of hydrogen-bond donors (Lipinski definition) is 3. The number of aromatic nitrogens is 3. The number of fused-ring (bicyclic) bond motifs is 2. The van der Waals surface area contributed by atoms with Crippen molar-refractivity contribution in [3.8, 4) is 0 Å². The number of nitrogens with zero attached hydrogens (tertiary/aromatic N) is 3. The minimum Gasteiger partial charge on any atom is -0.423 e. The number of rotatable bonds is 6. The number of carbonyl (C=O) groups excluding carboxylic acids is 1. The molecule has 4 rings (SSSR count). The second kappa shape index (κ2) is 8.09. The van der Waals surface area contributed by atoms with E-state index < -0.39 is 23.5 Å². The topological polar surface area (TPSA) is 114 Å². The Balaban J connectivity index is 1.62. The highest BCUT2D eigenvalue weighted by Crippen LogP contribution is 2.35. The number of aliphatic hydroxyl groups is 1. The van der Waals surface area contributed by atoms with Crippen molar-refractivity contribution in [2.75, 3.05) is 18.5 Å². The lowest BCUT2D eigenvalue weighted by atomic mass is 10.2. The van der Waals surface area contributed by atoms with Gasteiger partial charge in [-0.2, -0.15) is 18.2 Å². The van der Waals surface area contributed by atoms with Crippen molar-refractivity contribution < 1.29 is 36.7 Å². The lowest BCUT2D eigenvalue weighted by Gasteiger charge is -2.06. The number of carbonyl (C=O) groups is 1. The second-order valence-corrected chi connectivity index (χ2v) is 6.64. The van der Waals surface area contributed by atoms with Crippen LogP contribution in [0.15, 0.2) is 34.7 Å². The molecule has 0 radical (unpaired) electrons. The van der Waals surface area contributed by atoms with Gasteiger partial charge >= 0.3 is 12.2 Å². The number of nitrogens with one attached hydrogen (secondary N) is 2. The summed E-state index contributed by atoms with van der Waals surface area (Å²) in [6.45, 7) is -0.320. The van der Waals surface area contributed by atoms with E-state index in [9.17, 15) is 22.4 Å². The first-order valence-electron chi connectivity index (χ1n) is 9.11. The molecule has 13 heteroatoms. The largest absolute Gasteiger partial charge is 0.423 e. The van der Waals surface area contributed by atoms with Gasteiger partial charge in [-0.15, -0.1) is 0 Å². The van der Waals surface area contributed by atoms with Crippen LogP contribution in [0.1, 0.15) is 15.9 Å². The average Bonchev–Trinajstić information content (AvgIpc) is 3.26. The number of anilines is 2. The van der Waals surface area contributed by atoms with E-state index in [2.05, 4.69) is 20.8 Å². The molecule has 32 heavy (non-hydrogen) atoms. The van der Waals surface area contributed by atoms with Crippen LogP contribution in [0.25, 0.3) is 22.1 Å². The van der Waals surface area contributed by atoms with Gasteiger partial charge in [0.15, 0.2) is 5.58 Å². The number of hydroxylamine groups is 1. The molecule has 4 aromatic rings. The van der Waals surface area contributed by atoms with Crippen LogP contribution in [-0.4, -0.2) is 38.8 Å². The molecule has 0 spiro atoms. The fraction of sp³-hybridized carbons (Fsp3) is 0.211. The third-order valence-electron chi connectivity index (χ3n) is 4.50. The molecule has 2 aromatic carbocycles. The summed E-state index contributed by atoms with van der Waals surface area (Å²) in [5.74, 6) is -1.78. The predicted molar refractivity (Wildman–Crippen MR) is 103 cm³/mol. The number of alkyl halides is 3. The second-order valence-electron chi connectivity index (χ2n) is 6.64. The normalized spacial score (nSPS) is 11.9. The van der Waals surface area contributed by atoms with Crippen LogP contribution in [0.5, 0.6) is 0 Å². The number of aliphatic hydroxyl groups excluding tert-OH is 1. The third-order valence-corrected chi connectivity index (χ3v) is 4.50. The van der Waals surface area contributed by atoms with Crippen LogP contribution in [0.4, 0.5) is 29.5 Å². The Labute approximate surface area is 176 Å². The zero-order valence-electron chi connectivity index (χ0n) is 16.3. The van der Waals surface area contributed by atoms with Gasteiger partial charge in [0.25, 0.3) is 5.91 Å². The molecular formula is C19H15F4N5O4. The Morgan fingerprint density at radius 3 is 2.72 bits per heavy atom. The molecule has 0 aliphatic rings. The molecule has 0 unspecified atom stereocenters. The summed E-state index contributed by atoms with van der Waals surface area (Å²) in [5.41, 5.74) is 1.67. The molecule has 2 heterocycles. The van der Waals surface area contributed by atoms with Crippen LogP contribution in [0.3, 0.4) is 0 Å². The summed E-state index contributed by atoms with van der Waals surface area (Å²) < 4.78 is 59.4. The van der Waals surface area contributed by atoms with Crippen molar-refractivity contribution in [2.24, 2.45) is 7.05 Å². The maximum absolute atomic E-state index is 13.8. The maximum atomic E-state index is 13.8. The van der Waals surface area contributed by atoms with Crippen molar-refractivity contribution in [1.82, 2.24) is 20.0 Å². The number of hydrogen-bond acceptors (Lipinski definition) is 7. The van der Waals surface area contributed by atoms with Crippen LogP contribution >= 0.6 is 0 Å². The lowest BCUT2D eigenvalue weighted by Crippen LogP contribution is -2.25. The first kappa shape index (κ1) is 21.5. The highest BCUT2D eigenvalue weighted by atomic mass is 19.4. The lowest BCUT2D eigenvalue weighted by molar-refractivity contribution is -0.139. The number of amides is 1. The Bertz CT molecular complexity index is 1310. The summed E-state index contributed by atoms with van der Waals surface area (Å²) in [6.07, 6.45) is -4.87. The monoisotopic (exact) mass is 453 g/mol. The van der Waals surface area contributed by atoms with Crippen molar-refractivity contribution in [2.45, 2.75) is 6.18 Å². The van der Waals surface area contributed by atoms with Gasteiger partial charge in [0.2, 0.25) is 5.95 Å². The molecule has 2 aromatic heterocycles. The molecule has 0 saturated heterocycles. The molecule has 9 nitrogen and oxygen atoms in total. The predicted octanol–water partition coefficient (Wildman–Crippen LogP) is 3.27. The van der Waals surface area contributed by atoms with Crippen LogP contribution < -0.4 is 10.8 Å². The van der Waals surface area contributed by atoms with Gasteiger partial charge in [0.05, 0.1) is 29.8 Å². The van der Waals surface area contributed by atoms with E-state index in [1.807, 2.05) is 0 Å². The average molecular weight is 453 g/mol. The van der Waals surface area contributed by atoms with Crippen molar-refractivity contribution in [1.29, 1.82) is 0 Å². The van der Waals surface area contributed by atoms with Gasteiger partial charge in [0.1, 0.15) is 11.3 Å². The summed E-state index contributed by atoms with van der Waals surface area (Å²) in [7, 11) is 1.66. The Kier molecular flexibility index (Phi) is 5.44. The van der Waals surface area contributed by atoms with Gasteiger partial charge in [-0.3, -0.25) is 14.9 Å². The third kappa shape index (κ3) is 4.07. The zero-order valence-corrected chi connectivity index (χ0v) is 16.3. The molecule has 0 atom stereocenters. The van der Waals surface area contributed by atoms with E-state index in [-0.39, 0.29) is 41.8 Å². The summed E-state index contributed by atoms with van der Waals surface area (Å²) in [5, 5.41) is 11.4. The van der Waals surface area contributed by atoms with Gasteiger partial charge in [-0.1, -0.05) is 0 Å². The minimum absolute atomic E-state index is 0.0650. The zero-order chi connectivity index (χ0) is 23.0. The Hall–Kier alpha value is -3.71. The van der Waals surface area contributed by atoms with Gasteiger partial charge < -0.3 is 14.1 Å². The van der Waals surface area contributed by atoms with E-state index in [4.69, 9.17) is 14.4 Å². The van der Waals surface area contributed by atoms with E-state index in [0.29, 0.717) is 23.2 Å². The molecule has 0 saturated carbocycles. The van der Waals surface area contributed by atoms with Crippen LogP contribution in [0, 0.1) is 5.82 Å². The van der Waals surface area contributed by atoms with Gasteiger partial charge in [-0.25, -0.2) is 14.9 Å². The van der Waals surface area contributed by atoms with Gasteiger partial charge in [-0.05, 0) is 24.3 Å². The van der Waals surface area contributed by atoms with E-state index in [0.717, 1.165) is 0 Å². The molecule has 1 amide bonds. The molecule has 0 aliphatic heterocycles. The standard InChI is InChI=1S/C19H15F4N5O4/c1-28-14-3-2-9(16(30)27-31-5-4-29)6-12(14)24-17(28)26-18-25-13-8-11(20)10(19(21,22)23)7-15(13)32-18/h2-3,6-8,29H,4-5H2,1H3,(H,27,30)(H,24,25,26). The number of benzene rings is 2. The quantitative estimate of drug-likeness (QED) is 0.233. The highest BCUT2D eigenvalue weighted by Gasteiger charge is 2.35. The minimum atomic E-state index is -4.87. The van der Waals surface area contributed by atoms with E-state index >= 15 is 0 Å². The van der Waals surface area contributed by atoms with E-state index in [1.54, 1.807) is 17.7 Å². The smallest absolute Gasteiger partial charge is 0.419 e. The summed E-state index contributed by atoms with van der Waals surface area (Å²) >= 11 is 0. The van der Waals surface area contributed by atoms with Crippen molar-refractivity contribution in [3.63, 3.8) is 0 Å². The maximum Gasteiger partial charge on any atom is 0.419 e. The SMILES string of the molecule is Cn1c(Nc2nc3cc(F)c(C(F)(F)F)cc3o2)nc2cc(C(=O)NOCCO)ccc21. The molecule has 0 fully saturated rings. The number of oxazole rings is 1. The summed E-state index contributed by atoms with van der Waals surface area (Å²) in [4.78, 5) is 25.1. The fourth-order valence-electron chi connectivity index (χ4n) is 2.99. The molecule has 0 bridgehead atoms. The molecule has 3 N–H and O–H groups in total. The van der Waals surface area contributed by atoms with Crippen LogP contribution in [-0.2, 0) is 18.1 Å².